The zero-order chi connectivity index (χ0) is 12.7. The maximum Gasteiger partial charge on any atom is 0.203 e. The maximum atomic E-state index is 13.6. The van der Waals surface area contributed by atoms with E-state index in [1.54, 1.807) is 13.0 Å². The Kier molecular flexibility index (Phi) is 2.74. The summed E-state index contributed by atoms with van der Waals surface area (Å²) in [5.74, 6) is 0.571. The molecule has 0 radical (unpaired) electrons. The van der Waals surface area contributed by atoms with E-state index in [1.165, 1.54) is 6.07 Å². The lowest BCUT2D eigenvalue weighted by Crippen LogP contribution is -2.16. The summed E-state index contributed by atoms with van der Waals surface area (Å²) in [5, 5.41) is 3.75. The van der Waals surface area contributed by atoms with Crippen LogP contribution in [0.1, 0.15) is 12.0 Å². The van der Waals surface area contributed by atoms with Crippen LogP contribution in [0.5, 0.6) is 0 Å². The molecule has 0 saturated carbocycles. The summed E-state index contributed by atoms with van der Waals surface area (Å²) in [6.07, 6.45) is 2.98. The van der Waals surface area contributed by atoms with Crippen molar-refractivity contribution < 1.29 is 4.39 Å². The van der Waals surface area contributed by atoms with Crippen LogP contribution < -0.4 is 5.32 Å². The van der Waals surface area contributed by atoms with Gasteiger partial charge in [0, 0.05) is 24.8 Å². The van der Waals surface area contributed by atoms with Crippen molar-refractivity contribution in [2.45, 2.75) is 19.9 Å². The van der Waals surface area contributed by atoms with Crippen molar-refractivity contribution in [2.24, 2.45) is 0 Å². The molecule has 0 unspecified atom stereocenters. The molecule has 94 valence electrons. The summed E-state index contributed by atoms with van der Waals surface area (Å²) in [4.78, 5) is 4.45. The first-order valence-electron chi connectivity index (χ1n) is 5.92. The number of aromatic nitrogens is 2. The molecule has 1 aliphatic heterocycles. The lowest BCUT2D eigenvalue weighted by atomic mass is 10.1. The molecular formula is C13H13ClFN3. The van der Waals surface area contributed by atoms with E-state index in [0.717, 1.165) is 25.5 Å². The molecule has 0 fully saturated rings. The first kappa shape index (κ1) is 11.5. The molecule has 1 aliphatic rings. The number of nitrogens with one attached hydrogen (secondary N) is 1. The number of nitrogens with zero attached hydrogens (tertiary/aromatic N) is 2. The van der Waals surface area contributed by atoms with E-state index in [1.807, 2.05) is 10.8 Å². The Morgan fingerprint density at radius 3 is 3.06 bits per heavy atom. The second kappa shape index (κ2) is 4.28. The standard InChI is InChI=1S/C13H13ClFN3/c1-8-5-10(14)9(6-11(8)15)12-7-18-4-2-3-16-13(18)17-12/h5-7H,2-4H2,1H3,(H,16,17). The van der Waals surface area contributed by atoms with Crippen LogP contribution in [0.25, 0.3) is 11.3 Å². The number of fused-ring (bicyclic) bond motifs is 1. The second-order valence-electron chi connectivity index (χ2n) is 4.50. The van der Waals surface area contributed by atoms with Crippen LogP contribution in [0.15, 0.2) is 18.3 Å². The average Bonchev–Trinajstić information content (AvgIpc) is 2.77. The zero-order valence-electron chi connectivity index (χ0n) is 10.0. The zero-order valence-corrected chi connectivity index (χ0v) is 10.8. The summed E-state index contributed by atoms with van der Waals surface area (Å²) >= 11 is 6.16. The third kappa shape index (κ3) is 1.86. The minimum Gasteiger partial charge on any atom is -0.356 e. The number of aryl methyl sites for hydroxylation is 2. The Hall–Kier alpha value is -1.55. The quantitative estimate of drug-likeness (QED) is 0.856. The fourth-order valence-electron chi connectivity index (χ4n) is 2.15. The minimum atomic E-state index is -0.256. The Morgan fingerprint density at radius 1 is 1.44 bits per heavy atom. The molecule has 1 N–H and O–H groups in total. The van der Waals surface area contributed by atoms with Crippen molar-refractivity contribution in [1.29, 1.82) is 0 Å². The predicted molar refractivity (Wildman–Crippen MR) is 70.5 cm³/mol. The van der Waals surface area contributed by atoms with Crippen LogP contribution in [-0.2, 0) is 6.54 Å². The van der Waals surface area contributed by atoms with Crippen molar-refractivity contribution in [1.82, 2.24) is 9.55 Å². The Bertz CT molecular complexity index is 583. The third-order valence-electron chi connectivity index (χ3n) is 3.16. The van der Waals surface area contributed by atoms with Crippen LogP contribution in [0, 0.1) is 12.7 Å². The minimum absolute atomic E-state index is 0.256. The molecule has 2 aromatic rings. The van der Waals surface area contributed by atoms with Gasteiger partial charge in [0.1, 0.15) is 5.82 Å². The summed E-state index contributed by atoms with van der Waals surface area (Å²) in [7, 11) is 0. The van der Waals surface area contributed by atoms with Crippen molar-refractivity contribution in [3.63, 3.8) is 0 Å². The number of halogens is 2. The fourth-order valence-corrected chi connectivity index (χ4v) is 2.46. The molecule has 18 heavy (non-hydrogen) atoms. The van der Waals surface area contributed by atoms with Crippen molar-refractivity contribution in [3.8, 4) is 11.3 Å². The van der Waals surface area contributed by atoms with E-state index in [-0.39, 0.29) is 5.82 Å². The fraction of sp³-hybridized carbons (Fsp3) is 0.308. The van der Waals surface area contributed by atoms with Gasteiger partial charge in [0.2, 0.25) is 5.95 Å². The third-order valence-corrected chi connectivity index (χ3v) is 3.47. The van der Waals surface area contributed by atoms with Gasteiger partial charge >= 0.3 is 0 Å². The van der Waals surface area contributed by atoms with Gasteiger partial charge in [0.15, 0.2) is 0 Å². The number of hydrogen-bond acceptors (Lipinski definition) is 2. The van der Waals surface area contributed by atoms with Gasteiger partial charge in [-0.05, 0) is 31.0 Å². The topological polar surface area (TPSA) is 29.9 Å². The second-order valence-corrected chi connectivity index (χ2v) is 4.91. The van der Waals surface area contributed by atoms with Crippen molar-refractivity contribution >= 4 is 17.5 Å². The van der Waals surface area contributed by atoms with Crippen LogP contribution in [-0.4, -0.2) is 16.1 Å². The van der Waals surface area contributed by atoms with Gasteiger partial charge in [-0.1, -0.05) is 11.6 Å². The summed E-state index contributed by atoms with van der Waals surface area (Å²) in [5.41, 5.74) is 1.90. The normalized spacial score (nSPS) is 14.2. The smallest absolute Gasteiger partial charge is 0.203 e. The number of anilines is 1. The summed E-state index contributed by atoms with van der Waals surface area (Å²) < 4.78 is 15.7. The highest BCUT2D eigenvalue weighted by molar-refractivity contribution is 6.33. The summed E-state index contributed by atoms with van der Waals surface area (Å²) in [6, 6.07) is 3.09. The van der Waals surface area contributed by atoms with E-state index < -0.39 is 0 Å². The van der Waals surface area contributed by atoms with Crippen LogP contribution in [0.2, 0.25) is 5.02 Å². The molecule has 3 rings (SSSR count). The van der Waals surface area contributed by atoms with E-state index in [0.29, 0.717) is 21.8 Å². The average molecular weight is 266 g/mol. The summed E-state index contributed by atoms with van der Waals surface area (Å²) in [6.45, 7) is 3.55. The van der Waals surface area contributed by atoms with Crippen LogP contribution >= 0.6 is 11.6 Å². The van der Waals surface area contributed by atoms with Gasteiger partial charge in [-0.25, -0.2) is 9.37 Å². The molecule has 5 heteroatoms. The van der Waals surface area contributed by atoms with Crippen molar-refractivity contribution in [3.05, 3.63) is 34.7 Å². The van der Waals surface area contributed by atoms with Gasteiger partial charge in [-0.2, -0.15) is 0 Å². The van der Waals surface area contributed by atoms with Crippen molar-refractivity contribution in [2.75, 3.05) is 11.9 Å². The molecule has 1 aromatic heterocycles. The number of imidazole rings is 1. The maximum absolute atomic E-state index is 13.6. The number of hydrogen-bond donors (Lipinski definition) is 1. The molecule has 0 aliphatic carbocycles. The van der Waals surface area contributed by atoms with Gasteiger partial charge in [0.25, 0.3) is 0 Å². The Labute approximate surface area is 110 Å². The Morgan fingerprint density at radius 2 is 2.28 bits per heavy atom. The lowest BCUT2D eigenvalue weighted by molar-refractivity contribution is 0.619. The van der Waals surface area contributed by atoms with E-state index in [4.69, 9.17) is 11.6 Å². The first-order chi connectivity index (χ1) is 8.65. The van der Waals surface area contributed by atoms with E-state index in [2.05, 4.69) is 10.3 Å². The van der Waals surface area contributed by atoms with Crippen LogP contribution in [0.4, 0.5) is 10.3 Å². The highest BCUT2D eigenvalue weighted by atomic mass is 35.5. The predicted octanol–water partition coefficient (Wildman–Crippen LogP) is 3.47. The first-order valence-corrected chi connectivity index (χ1v) is 6.30. The largest absolute Gasteiger partial charge is 0.356 e. The van der Waals surface area contributed by atoms with E-state index >= 15 is 0 Å². The lowest BCUT2D eigenvalue weighted by Gasteiger charge is -2.14. The Balaban J connectivity index is 2.09. The molecule has 0 atom stereocenters. The molecule has 0 spiro atoms. The van der Waals surface area contributed by atoms with Gasteiger partial charge in [-0.15, -0.1) is 0 Å². The van der Waals surface area contributed by atoms with Crippen LogP contribution in [0.3, 0.4) is 0 Å². The number of rotatable bonds is 1. The molecular weight excluding hydrogens is 253 g/mol. The molecule has 0 amide bonds. The SMILES string of the molecule is Cc1cc(Cl)c(-c2cn3c(n2)NCCC3)cc1F. The highest BCUT2D eigenvalue weighted by Crippen LogP contribution is 2.31. The van der Waals surface area contributed by atoms with Gasteiger partial charge in [0.05, 0.1) is 10.7 Å². The molecule has 1 aromatic carbocycles. The molecule has 0 bridgehead atoms. The number of benzene rings is 1. The van der Waals surface area contributed by atoms with Gasteiger partial charge < -0.3 is 9.88 Å². The molecule has 3 nitrogen and oxygen atoms in total. The molecule has 2 heterocycles. The molecule has 0 saturated heterocycles. The monoisotopic (exact) mass is 265 g/mol. The van der Waals surface area contributed by atoms with Gasteiger partial charge in [-0.3, -0.25) is 0 Å². The van der Waals surface area contributed by atoms with E-state index in [9.17, 15) is 4.39 Å². The highest BCUT2D eigenvalue weighted by Gasteiger charge is 2.15.